The third kappa shape index (κ3) is 1.55. The van der Waals surface area contributed by atoms with Gasteiger partial charge in [-0.05, 0) is 28.1 Å². The number of nitrogens with zero attached hydrogens (tertiary/aromatic N) is 2. The van der Waals surface area contributed by atoms with Crippen molar-refractivity contribution in [3.63, 3.8) is 0 Å². The molecule has 0 aromatic carbocycles. The molecule has 0 aliphatic carbocycles. The van der Waals surface area contributed by atoms with Crippen molar-refractivity contribution in [1.29, 1.82) is 0 Å². The summed E-state index contributed by atoms with van der Waals surface area (Å²) < 4.78 is 5.94. The summed E-state index contributed by atoms with van der Waals surface area (Å²) in [6, 6.07) is 3.60. The van der Waals surface area contributed by atoms with Crippen molar-refractivity contribution in [1.82, 2.24) is 9.97 Å². The number of rotatable bonds is 1. The smallest absolute Gasteiger partial charge is 0.220 e. The Morgan fingerprint density at radius 2 is 2.31 bits per heavy atom. The first kappa shape index (κ1) is 8.25. The molecular weight excluding hydrogens is 234 g/mol. The van der Waals surface area contributed by atoms with Gasteiger partial charge in [0.1, 0.15) is 5.69 Å². The maximum absolute atomic E-state index is 5.45. The Kier molecular flexibility index (Phi) is 2.02. The normalized spacial score (nSPS) is 10.2. The van der Waals surface area contributed by atoms with Crippen molar-refractivity contribution in [2.45, 2.75) is 0 Å². The van der Waals surface area contributed by atoms with Crippen molar-refractivity contribution in [2.75, 3.05) is 5.73 Å². The quantitative estimate of drug-likeness (QED) is 0.828. The molecule has 2 aromatic rings. The lowest BCUT2D eigenvalue weighted by Crippen LogP contribution is -1.95. The first-order valence-electron chi connectivity index (χ1n) is 3.59. The van der Waals surface area contributed by atoms with E-state index in [1.54, 1.807) is 18.5 Å². The summed E-state index contributed by atoms with van der Waals surface area (Å²) in [7, 11) is 0. The third-order valence-corrected chi connectivity index (χ3v) is 2.10. The highest BCUT2D eigenvalue weighted by Gasteiger charge is 2.07. The number of aromatic nitrogens is 2. The molecule has 2 heterocycles. The van der Waals surface area contributed by atoms with Crippen molar-refractivity contribution in [3.05, 3.63) is 29.1 Å². The summed E-state index contributed by atoms with van der Waals surface area (Å²) in [4.78, 5) is 7.87. The van der Waals surface area contributed by atoms with Gasteiger partial charge in [0.2, 0.25) is 5.95 Å². The number of nitrogens with two attached hydrogens (primary N) is 1. The second-order valence-corrected chi connectivity index (χ2v) is 3.26. The number of furan rings is 1. The zero-order chi connectivity index (χ0) is 9.26. The first-order valence-corrected chi connectivity index (χ1v) is 4.38. The molecule has 0 unspecified atom stereocenters. The minimum Gasteiger partial charge on any atom is -0.463 e. The van der Waals surface area contributed by atoms with E-state index in [2.05, 4.69) is 25.9 Å². The van der Waals surface area contributed by atoms with Gasteiger partial charge in [0.25, 0.3) is 0 Å². The third-order valence-electron chi connectivity index (χ3n) is 1.52. The van der Waals surface area contributed by atoms with Gasteiger partial charge in [-0.3, -0.25) is 0 Å². The topological polar surface area (TPSA) is 64.9 Å². The molecule has 0 atom stereocenters. The number of anilines is 1. The summed E-state index contributed by atoms with van der Waals surface area (Å²) >= 11 is 3.31. The molecule has 2 aromatic heterocycles. The fourth-order valence-corrected chi connectivity index (χ4v) is 1.35. The van der Waals surface area contributed by atoms with Gasteiger partial charge in [-0.2, -0.15) is 0 Å². The maximum Gasteiger partial charge on any atom is 0.220 e. The highest BCUT2D eigenvalue weighted by Crippen LogP contribution is 2.25. The van der Waals surface area contributed by atoms with Gasteiger partial charge in [-0.25, -0.2) is 9.97 Å². The van der Waals surface area contributed by atoms with Crippen LogP contribution in [0.3, 0.4) is 0 Å². The van der Waals surface area contributed by atoms with Gasteiger partial charge >= 0.3 is 0 Å². The van der Waals surface area contributed by atoms with Crippen LogP contribution in [0, 0.1) is 0 Å². The molecule has 2 N–H and O–H groups in total. The molecule has 0 fully saturated rings. The van der Waals surface area contributed by atoms with E-state index in [9.17, 15) is 0 Å². The number of nitrogen functional groups attached to an aromatic ring is 1. The molecular formula is C8H6BrN3O. The van der Waals surface area contributed by atoms with Crippen molar-refractivity contribution < 1.29 is 4.42 Å². The van der Waals surface area contributed by atoms with Gasteiger partial charge in [-0.1, -0.05) is 0 Å². The lowest BCUT2D eigenvalue weighted by Gasteiger charge is -1.99. The van der Waals surface area contributed by atoms with Crippen molar-refractivity contribution in [2.24, 2.45) is 0 Å². The minimum absolute atomic E-state index is 0.231. The van der Waals surface area contributed by atoms with E-state index in [1.807, 2.05) is 6.07 Å². The summed E-state index contributed by atoms with van der Waals surface area (Å²) in [5, 5.41) is 0. The molecule has 0 aliphatic heterocycles. The molecule has 0 bridgehead atoms. The van der Waals surface area contributed by atoms with Crippen molar-refractivity contribution >= 4 is 21.9 Å². The Hall–Kier alpha value is -1.36. The van der Waals surface area contributed by atoms with Crippen LogP contribution in [0.15, 0.2) is 33.5 Å². The number of halogens is 1. The first-order chi connectivity index (χ1) is 6.27. The summed E-state index contributed by atoms with van der Waals surface area (Å²) in [6.45, 7) is 0. The predicted molar refractivity (Wildman–Crippen MR) is 51.8 cm³/mol. The van der Waals surface area contributed by atoms with E-state index in [0.717, 1.165) is 4.47 Å². The van der Waals surface area contributed by atoms with Gasteiger partial charge in [0.05, 0.1) is 10.7 Å². The van der Waals surface area contributed by atoms with Gasteiger partial charge in [0.15, 0.2) is 5.76 Å². The minimum atomic E-state index is 0.231. The van der Waals surface area contributed by atoms with Crippen molar-refractivity contribution in [3.8, 4) is 11.5 Å². The fourth-order valence-electron chi connectivity index (χ4n) is 0.967. The number of hydrogen-bond donors (Lipinski definition) is 1. The largest absolute Gasteiger partial charge is 0.463 e. The Morgan fingerprint density at radius 3 is 3.00 bits per heavy atom. The second kappa shape index (κ2) is 3.18. The van der Waals surface area contributed by atoms with Crippen LogP contribution >= 0.6 is 15.9 Å². The SMILES string of the molecule is Nc1ncc(Br)c(-c2ccco2)n1. The fraction of sp³-hybridized carbons (Fsp3) is 0. The lowest BCUT2D eigenvalue weighted by atomic mass is 10.3. The molecule has 66 valence electrons. The van der Waals surface area contributed by atoms with E-state index < -0.39 is 0 Å². The average molecular weight is 240 g/mol. The molecule has 0 saturated carbocycles. The van der Waals surface area contributed by atoms with Crippen LogP contribution < -0.4 is 5.73 Å². The van der Waals surface area contributed by atoms with Crippen LogP contribution in [0.4, 0.5) is 5.95 Å². The van der Waals surface area contributed by atoms with Crippen LogP contribution in [0.1, 0.15) is 0 Å². The molecule has 0 spiro atoms. The zero-order valence-corrected chi connectivity index (χ0v) is 8.15. The average Bonchev–Trinajstić information content (AvgIpc) is 2.61. The van der Waals surface area contributed by atoms with Gasteiger partial charge in [0, 0.05) is 6.20 Å². The van der Waals surface area contributed by atoms with E-state index in [-0.39, 0.29) is 5.95 Å². The van der Waals surface area contributed by atoms with E-state index in [1.165, 1.54) is 0 Å². The molecule has 0 amide bonds. The van der Waals surface area contributed by atoms with E-state index >= 15 is 0 Å². The Balaban J connectivity index is 2.57. The molecule has 4 nitrogen and oxygen atoms in total. The highest BCUT2D eigenvalue weighted by molar-refractivity contribution is 9.10. The van der Waals surface area contributed by atoms with Crippen LogP contribution in [-0.2, 0) is 0 Å². The Bertz CT molecular complexity index is 413. The highest BCUT2D eigenvalue weighted by atomic mass is 79.9. The Labute approximate surface area is 82.9 Å². The zero-order valence-electron chi connectivity index (χ0n) is 6.57. The molecule has 5 heteroatoms. The molecule has 2 rings (SSSR count). The lowest BCUT2D eigenvalue weighted by molar-refractivity contribution is 0.579. The molecule has 0 aliphatic rings. The monoisotopic (exact) mass is 239 g/mol. The molecule has 0 radical (unpaired) electrons. The standard InChI is InChI=1S/C8H6BrN3O/c9-5-4-11-8(10)12-7(5)6-2-1-3-13-6/h1-4H,(H2,10,11,12). The van der Waals surface area contributed by atoms with Crippen LogP contribution in [0.5, 0.6) is 0 Å². The molecule has 0 saturated heterocycles. The Morgan fingerprint density at radius 1 is 1.46 bits per heavy atom. The predicted octanol–water partition coefficient (Wildman–Crippen LogP) is 2.08. The number of hydrogen-bond acceptors (Lipinski definition) is 4. The van der Waals surface area contributed by atoms with Crippen LogP contribution in [0.2, 0.25) is 0 Å². The maximum atomic E-state index is 5.45. The van der Waals surface area contributed by atoms with Gasteiger partial charge < -0.3 is 10.2 Å². The van der Waals surface area contributed by atoms with E-state index in [0.29, 0.717) is 11.5 Å². The molecule has 13 heavy (non-hydrogen) atoms. The van der Waals surface area contributed by atoms with Gasteiger partial charge in [-0.15, -0.1) is 0 Å². The second-order valence-electron chi connectivity index (χ2n) is 2.40. The van der Waals surface area contributed by atoms with E-state index in [4.69, 9.17) is 10.2 Å². The summed E-state index contributed by atoms with van der Waals surface area (Å²) in [5.41, 5.74) is 6.11. The summed E-state index contributed by atoms with van der Waals surface area (Å²) in [6.07, 6.45) is 3.18. The summed E-state index contributed by atoms with van der Waals surface area (Å²) in [5.74, 6) is 0.899. The van der Waals surface area contributed by atoms with Crippen LogP contribution in [-0.4, -0.2) is 9.97 Å². The van der Waals surface area contributed by atoms with Crippen LogP contribution in [0.25, 0.3) is 11.5 Å².